The zero-order valence-corrected chi connectivity index (χ0v) is 13.1. The van der Waals surface area contributed by atoms with Crippen molar-refractivity contribution in [3.8, 4) is 5.75 Å². The molecule has 1 heterocycles. The van der Waals surface area contributed by atoms with Crippen LogP contribution in [-0.4, -0.2) is 35.5 Å². The van der Waals surface area contributed by atoms with Crippen molar-refractivity contribution in [3.63, 3.8) is 0 Å². The minimum atomic E-state index is -0.838. The summed E-state index contributed by atoms with van der Waals surface area (Å²) in [4.78, 5) is 25.7. The number of carboxylic acid groups (broad SMARTS) is 1. The average Bonchev–Trinajstić information content (AvgIpc) is 2.53. The summed E-state index contributed by atoms with van der Waals surface area (Å²) in [5.41, 5.74) is 0.859. The van der Waals surface area contributed by atoms with Crippen LogP contribution in [0.2, 0.25) is 0 Å². The number of carboxylic acids is 1. The highest BCUT2D eigenvalue weighted by Crippen LogP contribution is 2.37. The maximum Gasteiger partial charge on any atom is 0.308 e. The number of piperidine rings is 1. The first kappa shape index (κ1) is 16.3. The molecule has 2 rings (SSSR count). The maximum absolute atomic E-state index is 12.3. The number of aliphatic carboxylic acids is 1. The van der Waals surface area contributed by atoms with Crippen LogP contribution in [0.15, 0.2) is 24.3 Å². The lowest BCUT2D eigenvalue weighted by Gasteiger charge is -2.40. The third-order valence-electron chi connectivity index (χ3n) is 4.23. The van der Waals surface area contributed by atoms with Crippen molar-refractivity contribution in [1.82, 2.24) is 4.90 Å². The third kappa shape index (κ3) is 3.40. The number of rotatable bonds is 6. The van der Waals surface area contributed by atoms with Gasteiger partial charge in [0.15, 0.2) is 0 Å². The van der Waals surface area contributed by atoms with E-state index in [1.807, 2.05) is 24.3 Å². The summed E-state index contributed by atoms with van der Waals surface area (Å²) >= 11 is 0. The van der Waals surface area contributed by atoms with Crippen LogP contribution < -0.4 is 4.74 Å². The number of unbranched alkanes of at least 4 members (excludes halogenated alkanes) is 1. The fourth-order valence-electron chi connectivity index (χ4n) is 3.02. The number of ether oxygens (including phenoxy) is 1. The molecule has 0 saturated carbocycles. The highest BCUT2D eigenvalue weighted by molar-refractivity contribution is 5.81. The van der Waals surface area contributed by atoms with Crippen LogP contribution >= 0.6 is 0 Å². The molecule has 5 nitrogen and oxygen atoms in total. The number of benzene rings is 1. The lowest BCUT2D eigenvalue weighted by molar-refractivity contribution is -0.152. The number of carbonyl (C=O) groups excluding carboxylic acids is 1. The van der Waals surface area contributed by atoms with Gasteiger partial charge < -0.3 is 14.7 Å². The van der Waals surface area contributed by atoms with E-state index in [1.165, 1.54) is 0 Å². The zero-order chi connectivity index (χ0) is 16.1. The van der Waals surface area contributed by atoms with Gasteiger partial charge >= 0.3 is 5.97 Å². The molecule has 1 aliphatic heterocycles. The van der Waals surface area contributed by atoms with Gasteiger partial charge in [-0.2, -0.15) is 0 Å². The van der Waals surface area contributed by atoms with E-state index in [2.05, 4.69) is 6.92 Å². The van der Waals surface area contributed by atoms with Crippen molar-refractivity contribution in [3.05, 3.63) is 29.8 Å². The van der Waals surface area contributed by atoms with Gasteiger partial charge in [-0.05, 0) is 30.5 Å². The highest BCUT2D eigenvalue weighted by Gasteiger charge is 2.40. The number of hydrogen-bond donors (Lipinski definition) is 1. The van der Waals surface area contributed by atoms with Crippen LogP contribution in [0.5, 0.6) is 5.75 Å². The van der Waals surface area contributed by atoms with E-state index in [-0.39, 0.29) is 5.91 Å². The van der Waals surface area contributed by atoms with Gasteiger partial charge in [0.2, 0.25) is 5.91 Å². The second kappa shape index (κ2) is 7.29. The molecule has 1 aliphatic rings. The van der Waals surface area contributed by atoms with Gasteiger partial charge in [-0.3, -0.25) is 9.59 Å². The van der Waals surface area contributed by atoms with E-state index in [1.54, 1.807) is 12.0 Å². The first-order valence-corrected chi connectivity index (χ1v) is 7.74. The molecule has 22 heavy (non-hydrogen) atoms. The lowest BCUT2D eigenvalue weighted by atomic mass is 9.84. The summed E-state index contributed by atoms with van der Waals surface area (Å²) in [5, 5.41) is 9.54. The van der Waals surface area contributed by atoms with Crippen molar-refractivity contribution in [2.75, 3.05) is 13.7 Å². The summed E-state index contributed by atoms with van der Waals surface area (Å²) in [6.07, 6.45) is 2.56. The van der Waals surface area contributed by atoms with Crippen LogP contribution in [0.1, 0.15) is 44.2 Å². The Bertz CT molecular complexity index is 526. The van der Waals surface area contributed by atoms with E-state index >= 15 is 0 Å². The Balaban J connectivity index is 2.34. The molecule has 0 radical (unpaired) electrons. The van der Waals surface area contributed by atoms with Crippen LogP contribution in [-0.2, 0) is 9.59 Å². The molecule has 5 heteroatoms. The quantitative estimate of drug-likeness (QED) is 0.877. The van der Waals surface area contributed by atoms with Crippen LogP contribution in [0.4, 0.5) is 0 Å². The molecule has 1 aromatic rings. The molecular formula is C17H23NO4. The van der Waals surface area contributed by atoms with E-state index < -0.39 is 17.9 Å². The molecule has 2 atom stereocenters. The van der Waals surface area contributed by atoms with Gasteiger partial charge in [-0.15, -0.1) is 0 Å². The van der Waals surface area contributed by atoms with Gasteiger partial charge in [-0.1, -0.05) is 25.5 Å². The van der Waals surface area contributed by atoms with Gasteiger partial charge in [0.25, 0.3) is 0 Å². The molecule has 0 spiro atoms. The fraction of sp³-hybridized carbons (Fsp3) is 0.529. The molecule has 0 bridgehead atoms. The minimum absolute atomic E-state index is 0.0479. The molecule has 0 unspecified atom stereocenters. The first-order valence-electron chi connectivity index (χ1n) is 7.74. The molecular weight excluding hydrogens is 282 g/mol. The topological polar surface area (TPSA) is 66.8 Å². The largest absolute Gasteiger partial charge is 0.497 e. The highest BCUT2D eigenvalue weighted by atomic mass is 16.5. The van der Waals surface area contributed by atoms with Gasteiger partial charge in [0.05, 0.1) is 19.1 Å². The van der Waals surface area contributed by atoms with E-state index in [0.29, 0.717) is 19.4 Å². The SMILES string of the molecule is CCCCN1C(=O)CC[C@@H](C(=O)O)[C@@H]1c1ccc(OC)cc1. The van der Waals surface area contributed by atoms with Gasteiger partial charge in [-0.25, -0.2) is 0 Å². The smallest absolute Gasteiger partial charge is 0.308 e. The summed E-state index contributed by atoms with van der Waals surface area (Å²) in [6.45, 7) is 2.67. The standard InChI is InChI=1S/C17H23NO4/c1-3-4-11-18-15(19)10-9-14(17(20)21)16(18)12-5-7-13(22-2)8-6-12/h5-8,14,16H,3-4,9-11H2,1-2H3,(H,20,21)/t14-,16+/m1/s1. The number of likely N-dealkylation sites (tertiary alicyclic amines) is 1. The molecule has 1 saturated heterocycles. The predicted octanol–water partition coefficient (Wildman–Crippen LogP) is 2.86. The molecule has 1 aromatic carbocycles. The van der Waals surface area contributed by atoms with E-state index in [9.17, 15) is 14.7 Å². The Morgan fingerprint density at radius 2 is 2.05 bits per heavy atom. The van der Waals surface area contributed by atoms with Gasteiger partial charge in [0, 0.05) is 13.0 Å². The minimum Gasteiger partial charge on any atom is -0.497 e. The van der Waals surface area contributed by atoms with Crippen molar-refractivity contribution in [2.45, 2.75) is 38.6 Å². The Kier molecular flexibility index (Phi) is 5.41. The lowest BCUT2D eigenvalue weighted by Crippen LogP contribution is -2.45. The second-order valence-corrected chi connectivity index (χ2v) is 5.64. The number of nitrogens with zero attached hydrogens (tertiary/aromatic N) is 1. The van der Waals surface area contributed by atoms with E-state index in [0.717, 1.165) is 24.2 Å². The fourth-order valence-corrected chi connectivity index (χ4v) is 3.02. The molecule has 120 valence electrons. The molecule has 1 N–H and O–H groups in total. The van der Waals surface area contributed by atoms with Crippen LogP contribution in [0.25, 0.3) is 0 Å². The van der Waals surface area contributed by atoms with Crippen molar-refractivity contribution < 1.29 is 19.4 Å². The Morgan fingerprint density at radius 3 is 2.59 bits per heavy atom. The maximum atomic E-state index is 12.3. The molecule has 1 fully saturated rings. The van der Waals surface area contributed by atoms with E-state index in [4.69, 9.17) is 4.74 Å². The number of methoxy groups -OCH3 is 1. The van der Waals surface area contributed by atoms with Crippen molar-refractivity contribution in [1.29, 1.82) is 0 Å². The Morgan fingerprint density at radius 1 is 1.36 bits per heavy atom. The third-order valence-corrected chi connectivity index (χ3v) is 4.23. The predicted molar refractivity (Wildman–Crippen MR) is 82.7 cm³/mol. The van der Waals surface area contributed by atoms with Crippen molar-refractivity contribution in [2.24, 2.45) is 5.92 Å². The second-order valence-electron chi connectivity index (χ2n) is 5.64. The number of amides is 1. The van der Waals surface area contributed by atoms with Crippen LogP contribution in [0, 0.1) is 5.92 Å². The Hall–Kier alpha value is -2.04. The zero-order valence-electron chi connectivity index (χ0n) is 13.1. The average molecular weight is 305 g/mol. The summed E-state index contributed by atoms with van der Waals surface area (Å²) < 4.78 is 5.15. The van der Waals surface area contributed by atoms with Crippen LogP contribution in [0.3, 0.4) is 0 Å². The monoisotopic (exact) mass is 305 g/mol. The summed E-state index contributed by atoms with van der Waals surface area (Å²) in [6, 6.07) is 6.95. The normalized spacial score (nSPS) is 21.7. The van der Waals surface area contributed by atoms with Gasteiger partial charge in [0.1, 0.15) is 5.75 Å². The first-order chi connectivity index (χ1) is 10.6. The van der Waals surface area contributed by atoms with Crippen molar-refractivity contribution >= 4 is 11.9 Å². The molecule has 0 aliphatic carbocycles. The summed E-state index contributed by atoms with van der Waals surface area (Å²) in [5.74, 6) is -0.623. The number of hydrogen-bond acceptors (Lipinski definition) is 3. The molecule has 0 aromatic heterocycles. The summed E-state index contributed by atoms with van der Waals surface area (Å²) in [7, 11) is 1.59. The Labute approximate surface area is 130 Å². The molecule has 1 amide bonds. The number of carbonyl (C=O) groups is 2.